The summed E-state index contributed by atoms with van der Waals surface area (Å²) in [6.45, 7) is 6.30. The lowest BCUT2D eigenvalue weighted by Crippen LogP contribution is -2.43. The predicted octanol–water partition coefficient (Wildman–Crippen LogP) is 4.63. The van der Waals surface area contributed by atoms with E-state index in [1.165, 1.54) is 0 Å². The Hall–Kier alpha value is -3.46. The van der Waals surface area contributed by atoms with Gasteiger partial charge in [0.15, 0.2) is 0 Å². The first-order chi connectivity index (χ1) is 18.2. The van der Waals surface area contributed by atoms with Gasteiger partial charge in [0.25, 0.3) is 0 Å². The number of nitrogens with one attached hydrogen (secondary N) is 1. The van der Waals surface area contributed by atoms with E-state index in [2.05, 4.69) is 26.1 Å². The predicted molar refractivity (Wildman–Crippen MR) is 150 cm³/mol. The van der Waals surface area contributed by atoms with E-state index in [9.17, 15) is 9.59 Å². The highest BCUT2D eigenvalue weighted by Gasteiger charge is 2.41. The number of hydrogen-bond acceptors (Lipinski definition) is 6. The number of methoxy groups -OCH3 is 2. The van der Waals surface area contributed by atoms with Crippen LogP contribution < -0.4 is 19.7 Å². The van der Waals surface area contributed by atoms with E-state index < -0.39 is 0 Å². The fraction of sp³-hybridized carbons (Fsp3) is 0.414. The van der Waals surface area contributed by atoms with Gasteiger partial charge in [-0.25, -0.2) is 4.68 Å². The molecular weight excluding hydrogens is 500 g/mol. The van der Waals surface area contributed by atoms with Gasteiger partial charge in [0.2, 0.25) is 11.8 Å². The van der Waals surface area contributed by atoms with E-state index >= 15 is 0 Å². The van der Waals surface area contributed by atoms with Crippen molar-refractivity contribution in [2.75, 3.05) is 31.4 Å². The molecule has 200 valence electrons. The van der Waals surface area contributed by atoms with E-state index in [0.29, 0.717) is 5.82 Å². The molecule has 2 aromatic carbocycles. The molecular formula is C29H34N4O4S. The quantitative estimate of drug-likeness (QED) is 0.476. The first-order valence-electron chi connectivity index (χ1n) is 12.8. The van der Waals surface area contributed by atoms with Gasteiger partial charge in [-0.15, -0.1) is 11.8 Å². The molecule has 1 atom stereocenters. The van der Waals surface area contributed by atoms with E-state index in [1.807, 2.05) is 53.2 Å². The van der Waals surface area contributed by atoms with Crippen molar-refractivity contribution in [1.29, 1.82) is 0 Å². The van der Waals surface area contributed by atoms with Gasteiger partial charge in [0.1, 0.15) is 23.9 Å². The largest absolute Gasteiger partial charge is 0.497 e. The number of ether oxygens (including phenoxy) is 2. The molecule has 0 bridgehead atoms. The average Bonchev–Trinajstić information content (AvgIpc) is 3.65. The lowest BCUT2D eigenvalue weighted by molar-refractivity contribution is -0.123. The van der Waals surface area contributed by atoms with Crippen molar-refractivity contribution in [3.05, 3.63) is 65.4 Å². The maximum atomic E-state index is 13.7. The molecule has 1 aliphatic carbocycles. The van der Waals surface area contributed by atoms with Crippen LogP contribution in [0.25, 0.3) is 5.69 Å². The maximum Gasteiger partial charge on any atom is 0.240 e. The molecule has 0 radical (unpaired) electrons. The van der Waals surface area contributed by atoms with Crippen molar-refractivity contribution in [3.8, 4) is 17.2 Å². The number of anilines is 1. The summed E-state index contributed by atoms with van der Waals surface area (Å²) < 4.78 is 12.9. The molecule has 0 unspecified atom stereocenters. The highest BCUT2D eigenvalue weighted by Crippen LogP contribution is 2.50. The van der Waals surface area contributed by atoms with Crippen LogP contribution in [0.15, 0.2) is 48.5 Å². The van der Waals surface area contributed by atoms with Crippen LogP contribution in [0.3, 0.4) is 0 Å². The third kappa shape index (κ3) is 5.12. The Kier molecular flexibility index (Phi) is 7.13. The van der Waals surface area contributed by atoms with Crippen LogP contribution in [0.5, 0.6) is 11.5 Å². The van der Waals surface area contributed by atoms with E-state index in [0.717, 1.165) is 46.8 Å². The Balaban J connectivity index is 1.75. The standard InChI is InChI=1S/C29H34N4O4S/c1-29(2,3)27-25-26(21-8-6-7-9-22(21)37-5)38-17-24(35)32(16-23(34)30-18-10-11-18)28(25)33(31-27)19-12-14-20(36-4)15-13-19/h6-9,12-15,18,26H,10-11,16-17H2,1-5H3,(H,30,34)/t26-/m1/s1. The molecule has 2 heterocycles. The van der Waals surface area contributed by atoms with Crippen molar-refractivity contribution in [2.45, 2.75) is 50.3 Å². The average molecular weight is 535 g/mol. The van der Waals surface area contributed by atoms with Crippen LogP contribution in [-0.2, 0) is 15.0 Å². The molecule has 3 aromatic rings. The molecule has 1 saturated carbocycles. The van der Waals surface area contributed by atoms with Gasteiger partial charge < -0.3 is 14.8 Å². The summed E-state index contributed by atoms with van der Waals surface area (Å²) in [6, 6.07) is 15.7. The third-order valence-electron chi connectivity index (χ3n) is 6.78. The number of para-hydroxylation sites is 1. The lowest BCUT2D eigenvalue weighted by Gasteiger charge is -2.25. The highest BCUT2D eigenvalue weighted by molar-refractivity contribution is 8.00. The van der Waals surface area contributed by atoms with Gasteiger partial charge in [-0.1, -0.05) is 39.0 Å². The molecule has 0 spiro atoms. The summed E-state index contributed by atoms with van der Waals surface area (Å²) in [6.07, 6.45) is 1.96. The zero-order chi connectivity index (χ0) is 27.0. The number of benzene rings is 2. The Morgan fingerprint density at radius 3 is 2.42 bits per heavy atom. The number of amides is 2. The molecule has 1 fully saturated rings. The van der Waals surface area contributed by atoms with Crippen LogP contribution in [0.2, 0.25) is 0 Å². The Bertz CT molecular complexity index is 1340. The second-order valence-electron chi connectivity index (χ2n) is 10.7. The molecule has 1 N–H and O–H groups in total. The third-order valence-corrected chi connectivity index (χ3v) is 8.02. The summed E-state index contributed by atoms with van der Waals surface area (Å²) in [5.74, 6) is 2.03. The summed E-state index contributed by atoms with van der Waals surface area (Å²) in [4.78, 5) is 28.4. The number of aromatic nitrogens is 2. The molecule has 8 nitrogen and oxygen atoms in total. The van der Waals surface area contributed by atoms with Crippen molar-refractivity contribution in [3.63, 3.8) is 0 Å². The molecule has 38 heavy (non-hydrogen) atoms. The Morgan fingerprint density at radius 1 is 1.08 bits per heavy atom. The summed E-state index contributed by atoms with van der Waals surface area (Å²) >= 11 is 1.54. The summed E-state index contributed by atoms with van der Waals surface area (Å²) in [5.41, 5.74) is 3.21. The van der Waals surface area contributed by atoms with Crippen molar-refractivity contribution in [2.24, 2.45) is 0 Å². The van der Waals surface area contributed by atoms with Crippen LogP contribution in [-0.4, -0.2) is 54.2 Å². The van der Waals surface area contributed by atoms with Crippen molar-refractivity contribution < 1.29 is 19.1 Å². The monoisotopic (exact) mass is 534 g/mol. The van der Waals surface area contributed by atoms with Crippen molar-refractivity contribution >= 4 is 29.4 Å². The minimum atomic E-state index is -0.335. The fourth-order valence-corrected chi connectivity index (χ4v) is 5.97. The van der Waals surface area contributed by atoms with Crippen LogP contribution >= 0.6 is 11.8 Å². The molecule has 1 aliphatic heterocycles. The van der Waals surface area contributed by atoms with Crippen LogP contribution in [0, 0.1) is 0 Å². The van der Waals surface area contributed by atoms with E-state index in [1.54, 1.807) is 30.9 Å². The second kappa shape index (κ2) is 10.4. The minimum Gasteiger partial charge on any atom is -0.497 e. The number of rotatable bonds is 7. The number of fused-ring (bicyclic) bond motifs is 1. The smallest absolute Gasteiger partial charge is 0.240 e. The fourth-order valence-electron chi connectivity index (χ4n) is 4.75. The molecule has 5 rings (SSSR count). The van der Waals surface area contributed by atoms with Crippen LogP contribution in [0.1, 0.15) is 55.7 Å². The van der Waals surface area contributed by atoms with Gasteiger partial charge >= 0.3 is 0 Å². The maximum absolute atomic E-state index is 13.7. The normalized spacial score (nSPS) is 17.6. The van der Waals surface area contributed by atoms with Gasteiger partial charge in [0, 0.05) is 22.6 Å². The summed E-state index contributed by atoms with van der Waals surface area (Å²) in [5, 5.41) is 7.94. The Labute approximate surface area is 227 Å². The molecule has 0 saturated heterocycles. The number of carbonyl (C=O) groups excluding carboxylic acids is 2. The topological polar surface area (TPSA) is 85.7 Å². The van der Waals surface area contributed by atoms with E-state index in [4.69, 9.17) is 14.6 Å². The molecule has 2 amide bonds. The number of thioether (sulfide) groups is 1. The van der Waals surface area contributed by atoms with Crippen LogP contribution in [0.4, 0.5) is 5.82 Å². The number of nitrogens with zero attached hydrogens (tertiary/aromatic N) is 3. The zero-order valence-corrected chi connectivity index (χ0v) is 23.3. The SMILES string of the molecule is COc1ccc(-n2nc(C(C)(C)C)c3c2N(CC(=O)NC2CC2)C(=O)CS[C@@H]3c2ccccc2OC)cc1. The molecule has 1 aromatic heterocycles. The zero-order valence-electron chi connectivity index (χ0n) is 22.5. The lowest BCUT2D eigenvalue weighted by atomic mass is 9.87. The van der Waals surface area contributed by atoms with Gasteiger partial charge in [-0.3, -0.25) is 14.5 Å². The summed E-state index contributed by atoms with van der Waals surface area (Å²) in [7, 11) is 3.28. The first-order valence-corrected chi connectivity index (χ1v) is 13.9. The molecule has 9 heteroatoms. The second-order valence-corrected chi connectivity index (χ2v) is 11.8. The molecule has 2 aliphatic rings. The van der Waals surface area contributed by atoms with Crippen molar-refractivity contribution in [1.82, 2.24) is 15.1 Å². The van der Waals surface area contributed by atoms with Gasteiger partial charge in [0.05, 0.1) is 36.6 Å². The van der Waals surface area contributed by atoms with Gasteiger partial charge in [-0.2, -0.15) is 5.10 Å². The number of hydrogen-bond donors (Lipinski definition) is 1. The van der Waals surface area contributed by atoms with E-state index in [-0.39, 0.29) is 40.8 Å². The number of carbonyl (C=O) groups is 2. The van der Waals surface area contributed by atoms with Gasteiger partial charge in [-0.05, 0) is 43.2 Å². The minimum absolute atomic E-state index is 0.0625. The highest BCUT2D eigenvalue weighted by atomic mass is 32.2. The first kappa shape index (κ1) is 26.2. The Morgan fingerprint density at radius 2 is 1.79 bits per heavy atom.